The van der Waals surface area contributed by atoms with Gasteiger partial charge in [0.1, 0.15) is 36.2 Å². The molecular weight excluding hydrogens is 576 g/mol. The fourth-order valence-corrected chi connectivity index (χ4v) is 6.90. The Balaban J connectivity index is 1.54. The van der Waals surface area contributed by atoms with Crippen molar-refractivity contribution in [1.29, 1.82) is 0 Å². The Labute approximate surface area is 245 Å². The topological polar surface area (TPSA) is 190 Å². The minimum atomic E-state index is -1.42. The van der Waals surface area contributed by atoms with Crippen molar-refractivity contribution in [2.24, 2.45) is 5.16 Å². The third-order valence-electron chi connectivity index (χ3n) is 7.04. The summed E-state index contributed by atoms with van der Waals surface area (Å²) in [7, 11) is 1.90. The van der Waals surface area contributed by atoms with E-state index in [0.717, 1.165) is 11.5 Å². The van der Waals surface area contributed by atoms with Crippen LogP contribution >= 0.6 is 23.3 Å². The minimum Gasteiger partial charge on any atom is -0.476 e. The Morgan fingerprint density at radius 1 is 1.29 bits per heavy atom. The molecule has 4 N–H and O–H groups in total. The number of ether oxygens (including phenoxy) is 1. The number of nitrogens with two attached hydrogens (primary N) is 1. The summed E-state index contributed by atoms with van der Waals surface area (Å²) < 4.78 is 9.76. The summed E-state index contributed by atoms with van der Waals surface area (Å²) in [4.78, 5) is 63.8. The number of fused-ring (bicyclic) bond motifs is 1. The quantitative estimate of drug-likeness (QED) is 0.170. The van der Waals surface area contributed by atoms with Crippen molar-refractivity contribution in [3.05, 3.63) is 17.2 Å². The average Bonchev–Trinajstić information content (AvgIpc) is 3.32. The van der Waals surface area contributed by atoms with Crippen molar-refractivity contribution in [1.82, 2.24) is 24.5 Å². The first kappa shape index (κ1) is 30.5. The van der Waals surface area contributed by atoms with Crippen LogP contribution in [0.25, 0.3) is 0 Å². The molecule has 0 saturated carbocycles. The number of quaternary nitrogens is 1. The number of likely N-dealkylation sites (N-methyl/N-ethyl adjacent to an activating group) is 1. The van der Waals surface area contributed by atoms with E-state index in [0.29, 0.717) is 37.6 Å². The molecule has 2 atom stereocenters. The zero-order valence-electron chi connectivity index (χ0n) is 23.8. The molecule has 1 aromatic heterocycles. The number of amides is 3. The minimum absolute atomic E-state index is 0.0432. The lowest BCUT2D eigenvalue weighted by atomic mass is 9.88. The number of aliphatic carboxylic acids is 1. The molecule has 0 unspecified atom stereocenters. The number of oxime groups is 1. The molecule has 3 amide bonds. The molecule has 17 heteroatoms. The Morgan fingerprint density at radius 2 is 1.95 bits per heavy atom. The second kappa shape index (κ2) is 11.1. The molecule has 0 aromatic carbocycles. The SMILES string of the molecule is CCON=C(C(=O)N[C@]1(C)C(=O)N2C(C(=O)O)=C([N+]3(C)CCN(C(=O)OC(C)(C)C)CC3)CS[C@H]21)c1nsc(N)n1. The van der Waals surface area contributed by atoms with Crippen molar-refractivity contribution < 1.29 is 38.3 Å². The van der Waals surface area contributed by atoms with Crippen molar-refractivity contribution in [2.75, 3.05) is 51.3 Å². The number of piperazine rings is 1. The van der Waals surface area contributed by atoms with Gasteiger partial charge in [0.15, 0.2) is 16.5 Å². The number of thioether (sulfide) groups is 1. The molecular formula is C24H35N8O7S2+. The largest absolute Gasteiger partial charge is 0.476 e. The van der Waals surface area contributed by atoms with Gasteiger partial charge in [0.2, 0.25) is 11.5 Å². The van der Waals surface area contributed by atoms with Crippen LogP contribution in [0.2, 0.25) is 0 Å². The van der Waals surface area contributed by atoms with Crippen molar-refractivity contribution >= 4 is 58.0 Å². The second-order valence-corrected chi connectivity index (χ2v) is 13.1. The third kappa shape index (κ3) is 5.83. The predicted octanol–water partition coefficient (Wildman–Crippen LogP) is 0.644. The molecule has 0 radical (unpaired) electrons. The van der Waals surface area contributed by atoms with Crippen LogP contribution in [0.1, 0.15) is 40.4 Å². The summed E-state index contributed by atoms with van der Waals surface area (Å²) in [5.74, 6) is -2.29. The Morgan fingerprint density at radius 3 is 2.49 bits per heavy atom. The summed E-state index contributed by atoms with van der Waals surface area (Å²) in [5, 5.41) is 16.2. The van der Waals surface area contributed by atoms with Gasteiger partial charge >= 0.3 is 12.1 Å². The van der Waals surface area contributed by atoms with Gasteiger partial charge in [0, 0.05) is 11.5 Å². The molecule has 4 rings (SSSR count). The smallest absolute Gasteiger partial charge is 0.410 e. The van der Waals surface area contributed by atoms with E-state index in [-0.39, 0.29) is 33.5 Å². The number of hydrogen-bond acceptors (Lipinski definition) is 12. The Kier molecular flexibility index (Phi) is 8.26. The fourth-order valence-electron chi connectivity index (χ4n) is 4.86. The van der Waals surface area contributed by atoms with Crippen LogP contribution in [0.3, 0.4) is 0 Å². The highest BCUT2D eigenvalue weighted by molar-refractivity contribution is 8.00. The molecule has 0 bridgehead atoms. The molecule has 2 fully saturated rings. The lowest BCUT2D eigenvalue weighted by Gasteiger charge is -2.56. The summed E-state index contributed by atoms with van der Waals surface area (Å²) >= 11 is 2.24. The maximum absolute atomic E-state index is 13.6. The normalized spacial score (nSPS) is 24.4. The van der Waals surface area contributed by atoms with Crippen LogP contribution in [-0.4, -0.2) is 120 Å². The highest BCUT2D eigenvalue weighted by Crippen LogP contribution is 2.47. The number of nitrogen functional groups attached to an aromatic ring is 1. The number of carbonyl (C=O) groups excluding carboxylic acids is 3. The van der Waals surface area contributed by atoms with E-state index in [4.69, 9.17) is 15.3 Å². The van der Waals surface area contributed by atoms with E-state index in [2.05, 4.69) is 19.8 Å². The highest BCUT2D eigenvalue weighted by Gasteiger charge is 2.64. The molecule has 3 aliphatic heterocycles. The third-order valence-corrected chi connectivity index (χ3v) is 9.02. The van der Waals surface area contributed by atoms with Gasteiger partial charge in [-0.15, -0.1) is 11.8 Å². The van der Waals surface area contributed by atoms with Crippen LogP contribution in [0.4, 0.5) is 9.93 Å². The number of β-lactam (4-membered cyclic amide) rings is 1. The first-order valence-corrected chi connectivity index (χ1v) is 14.8. The molecule has 4 heterocycles. The van der Waals surface area contributed by atoms with Crippen molar-refractivity contribution in [3.63, 3.8) is 0 Å². The average molecular weight is 612 g/mol. The summed E-state index contributed by atoms with van der Waals surface area (Å²) in [6.45, 7) is 10.5. The molecule has 224 valence electrons. The second-order valence-electron chi connectivity index (χ2n) is 11.2. The van der Waals surface area contributed by atoms with Crippen LogP contribution in [0.15, 0.2) is 16.5 Å². The Hall–Kier alpha value is -3.44. The summed E-state index contributed by atoms with van der Waals surface area (Å²) in [6.07, 6.45) is -0.415. The molecule has 2 saturated heterocycles. The zero-order valence-corrected chi connectivity index (χ0v) is 25.4. The lowest BCUT2D eigenvalue weighted by Crippen LogP contribution is -2.79. The van der Waals surface area contributed by atoms with Gasteiger partial charge in [-0.1, -0.05) is 5.16 Å². The molecule has 0 aliphatic carbocycles. The number of nitrogens with one attached hydrogen (secondary N) is 1. The van der Waals surface area contributed by atoms with Crippen LogP contribution in [-0.2, 0) is 24.0 Å². The van der Waals surface area contributed by atoms with Gasteiger partial charge in [-0.05, 0) is 34.6 Å². The van der Waals surface area contributed by atoms with Crippen LogP contribution in [0.5, 0.6) is 0 Å². The predicted molar refractivity (Wildman–Crippen MR) is 151 cm³/mol. The Bertz CT molecular complexity index is 1320. The number of hydrogen-bond donors (Lipinski definition) is 3. The summed E-state index contributed by atoms with van der Waals surface area (Å²) in [5.41, 5.74) is 3.84. The van der Waals surface area contributed by atoms with Gasteiger partial charge in [-0.2, -0.15) is 9.36 Å². The highest BCUT2D eigenvalue weighted by atomic mass is 32.2. The zero-order chi connectivity index (χ0) is 30.3. The summed E-state index contributed by atoms with van der Waals surface area (Å²) in [6, 6.07) is 0. The molecule has 15 nitrogen and oxygen atoms in total. The van der Waals surface area contributed by atoms with Gasteiger partial charge < -0.3 is 25.7 Å². The van der Waals surface area contributed by atoms with Gasteiger partial charge in [0.05, 0.1) is 25.9 Å². The van der Waals surface area contributed by atoms with E-state index in [9.17, 15) is 24.3 Å². The molecule has 3 aliphatic rings. The van der Waals surface area contributed by atoms with Crippen LogP contribution in [0, 0.1) is 0 Å². The van der Waals surface area contributed by atoms with Gasteiger partial charge in [0.25, 0.3) is 11.8 Å². The maximum atomic E-state index is 13.6. The van der Waals surface area contributed by atoms with E-state index >= 15 is 0 Å². The first-order valence-electron chi connectivity index (χ1n) is 13.0. The van der Waals surface area contributed by atoms with Gasteiger partial charge in [-0.3, -0.25) is 23.9 Å². The van der Waals surface area contributed by atoms with Crippen molar-refractivity contribution in [3.8, 4) is 0 Å². The van der Waals surface area contributed by atoms with Crippen LogP contribution < -0.4 is 11.1 Å². The number of carbonyl (C=O) groups is 4. The lowest BCUT2D eigenvalue weighted by molar-refractivity contribution is -0.876. The number of carboxylic acids is 1. The monoisotopic (exact) mass is 611 g/mol. The fraction of sp³-hybridized carbons (Fsp3) is 0.625. The van der Waals surface area contributed by atoms with Crippen molar-refractivity contribution in [2.45, 2.75) is 51.1 Å². The van der Waals surface area contributed by atoms with E-state index in [1.165, 1.54) is 16.7 Å². The van der Waals surface area contributed by atoms with E-state index < -0.39 is 40.4 Å². The van der Waals surface area contributed by atoms with Gasteiger partial charge in [-0.25, -0.2) is 9.59 Å². The maximum Gasteiger partial charge on any atom is 0.410 e. The number of aromatic nitrogens is 2. The van der Waals surface area contributed by atoms with E-state index in [1.807, 2.05) is 7.05 Å². The van der Waals surface area contributed by atoms with E-state index in [1.54, 1.807) is 39.5 Å². The number of carboxylic acid groups (broad SMARTS) is 1. The number of rotatable bonds is 7. The first-order chi connectivity index (χ1) is 19.1. The number of anilines is 1. The molecule has 1 aromatic rings. The molecule has 41 heavy (non-hydrogen) atoms. The standard InChI is InChI=1S/C24H34N8O7S2/c1-7-38-28-14(16-26-21(25)41-29-16)17(33)27-24(5)19(36)31-15(18(34)35)13(12-40-20(24)31)32(6)10-8-30(9-11-32)22(37)39-23(2,3)4/h20H,7-12H2,1-6H3,(H3-,25,26,27,29,33,34,35)/p+1/t20-,24+/m0/s1. The number of nitrogens with zero attached hydrogens (tertiary/aromatic N) is 6. The molecule has 0 spiro atoms.